The number of aliphatic hydroxyl groups is 3. The van der Waals surface area contributed by atoms with Crippen LogP contribution in [0.5, 0.6) is 0 Å². The van der Waals surface area contributed by atoms with E-state index in [1.54, 1.807) is 27.7 Å². The fourth-order valence-electron chi connectivity index (χ4n) is 5.66. The van der Waals surface area contributed by atoms with Crippen LogP contribution in [0, 0.1) is 0 Å². The molecule has 42 heavy (non-hydrogen) atoms. The van der Waals surface area contributed by atoms with Crippen molar-refractivity contribution >= 4 is 12.2 Å². The average Bonchev–Trinajstić information content (AvgIpc) is 3.25. The van der Waals surface area contributed by atoms with E-state index in [2.05, 4.69) is 10.6 Å². The third-order valence-corrected chi connectivity index (χ3v) is 7.86. The molecule has 3 rings (SSSR count). The van der Waals surface area contributed by atoms with Crippen LogP contribution in [0.3, 0.4) is 0 Å². The Kier molecular flexibility index (Phi) is 11.8. The molecule has 0 spiro atoms. The third kappa shape index (κ3) is 9.42. The van der Waals surface area contributed by atoms with Gasteiger partial charge in [0.15, 0.2) is 0 Å². The molecule has 2 amide bonds. The Morgan fingerprint density at radius 1 is 1.00 bits per heavy atom. The van der Waals surface area contributed by atoms with Crippen molar-refractivity contribution in [2.24, 2.45) is 0 Å². The van der Waals surface area contributed by atoms with Gasteiger partial charge in [0.2, 0.25) is 0 Å². The number of benzene rings is 2. The minimum Gasteiger partial charge on any atom is -0.530 e. The molecule has 5 N–H and O–H groups in total. The summed E-state index contributed by atoms with van der Waals surface area (Å²) in [6.45, 7) is 6.92. The smallest absolute Gasteiger partial charge is 0.407 e. The van der Waals surface area contributed by atoms with E-state index in [1.165, 1.54) is 0 Å². The highest BCUT2D eigenvalue weighted by molar-refractivity contribution is 5.68. The van der Waals surface area contributed by atoms with Crippen LogP contribution in [0.2, 0.25) is 0 Å². The van der Waals surface area contributed by atoms with Crippen molar-refractivity contribution < 1.29 is 34.8 Å². The van der Waals surface area contributed by atoms with E-state index >= 15 is 0 Å². The topological polar surface area (TPSA) is 154 Å². The Morgan fingerprint density at radius 2 is 1.55 bits per heavy atom. The largest absolute Gasteiger partial charge is 0.530 e. The molecule has 232 valence electrons. The number of ether oxygens (including phenoxy) is 1. The first-order valence-electron chi connectivity index (χ1n) is 14.6. The van der Waals surface area contributed by atoms with Crippen molar-refractivity contribution in [2.45, 2.75) is 101 Å². The maximum absolute atomic E-state index is 12.5. The molecular formula is C32H46N3O7-. The molecule has 1 saturated carbocycles. The molecule has 0 aromatic heterocycles. The molecule has 10 heteroatoms. The highest BCUT2D eigenvalue weighted by Crippen LogP contribution is 2.37. The van der Waals surface area contributed by atoms with Crippen LogP contribution in [-0.4, -0.2) is 87.0 Å². The van der Waals surface area contributed by atoms with Gasteiger partial charge in [-0.1, -0.05) is 60.7 Å². The van der Waals surface area contributed by atoms with E-state index < -0.39 is 53.7 Å². The Bertz CT molecular complexity index is 1130. The zero-order valence-electron chi connectivity index (χ0n) is 25.0. The second-order valence-electron chi connectivity index (χ2n) is 12.4. The van der Waals surface area contributed by atoms with Crippen LogP contribution >= 0.6 is 0 Å². The number of nitrogens with zero attached hydrogens (tertiary/aromatic N) is 1. The molecule has 10 nitrogen and oxygen atoms in total. The standard InChI is InChI=1S/C32H47N3O7/c1-31(2,3)42-29(39)34-24(18-22-12-7-5-8-13-22)26(36)20-33-21-27(37)25(19-23-14-9-6-10-15-23)35(30(40)41)32(4)17-11-16-28(32)38/h5-10,12-15,24-28,33,36-38H,11,16-21H2,1-4H3,(H,34,39)(H,40,41)/p-1/t24-,25-,26+,27+,28?,32?/m0/s1. The van der Waals surface area contributed by atoms with Gasteiger partial charge in [0, 0.05) is 13.1 Å². The predicted octanol–water partition coefficient (Wildman–Crippen LogP) is 1.99. The number of aliphatic hydroxyl groups excluding tert-OH is 3. The highest BCUT2D eigenvalue weighted by atomic mass is 16.6. The number of nitrogens with one attached hydrogen (secondary N) is 2. The molecule has 0 radical (unpaired) electrons. The quantitative estimate of drug-likeness (QED) is 0.240. The van der Waals surface area contributed by atoms with E-state index in [0.717, 1.165) is 16.0 Å². The van der Waals surface area contributed by atoms with Gasteiger partial charge in [-0.15, -0.1) is 0 Å². The van der Waals surface area contributed by atoms with Crippen molar-refractivity contribution in [1.29, 1.82) is 0 Å². The summed E-state index contributed by atoms with van der Waals surface area (Å²) in [7, 11) is 0. The number of carboxylic acid groups (broad SMARTS) is 1. The zero-order valence-corrected chi connectivity index (χ0v) is 25.0. The molecule has 2 aromatic carbocycles. The average molecular weight is 585 g/mol. The normalized spacial score (nSPS) is 21.6. The second kappa shape index (κ2) is 14.8. The van der Waals surface area contributed by atoms with Crippen LogP contribution in [0.25, 0.3) is 0 Å². The molecular weight excluding hydrogens is 538 g/mol. The Hall–Kier alpha value is -3.18. The van der Waals surface area contributed by atoms with Gasteiger partial charge in [-0.3, -0.25) is 0 Å². The molecule has 2 unspecified atom stereocenters. The van der Waals surface area contributed by atoms with E-state index in [0.29, 0.717) is 25.7 Å². The Morgan fingerprint density at radius 3 is 2.05 bits per heavy atom. The summed E-state index contributed by atoms with van der Waals surface area (Å²) in [6, 6.07) is 17.1. The first kappa shape index (κ1) is 33.3. The molecule has 1 aliphatic rings. The van der Waals surface area contributed by atoms with Gasteiger partial charge in [0.05, 0.1) is 35.9 Å². The van der Waals surface area contributed by atoms with E-state index in [9.17, 15) is 30.0 Å². The van der Waals surface area contributed by atoms with Crippen LogP contribution in [0.15, 0.2) is 60.7 Å². The molecule has 2 aromatic rings. The van der Waals surface area contributed by atoms with Gasteiger partial charge in [0.1, 0.15) is 11.7 Å². The molecule has 0 bridgehead atoms. The minimum atomic E-state index is -1.46. The summed E-state index contributed by atoms with van der Waals surface area (Å²) in [4.78, 5) is 26.2. The van der Waals surface area contributed by atoms with E-state index in [-0.39, 0.29) is 19.5 Å². The molecule has 0 heterocycles. The Labute approximate surface area is 248 Å². The van der Waals surface area contributed by atoms with Crippen molar-refractivity contribution in [2.75, 3.05) is 13.1 Å². The van der Waals surface area contributed by atoms with Crippen molar-refractivity contribution in [3.05, 3.63) is 71.8 Å². The van der Waals surface area contributed by atoms with Crippen LogP contribution in [0.4, 0.5) is 9.59 Å². The van der Waals surface area contributed by atoms with Crippen molar-refractivity contribution in [3.63, 3.8) is 0 Å². The van der Waals surface area contributed by atoms with Gasteiger partial charge in [0.25, 0.3) is 0 Å². The zero-order chi connectivity index (χ0) is 30.9. The summed E-state index contributed by atoms with van der Waals surface area (Å²) in [6.07, 6.45) is -3.11. The number of amides is 2. The van der Waals surface area contributed by atoms with Crippen molar-refractivity contribution in [3.8, 4) is 0 Å². The predicted molar refractivity (Wildman–Crippen MR) is 158 cm³/mol. The number of carbonyl (C=O) groups excluding carboxylic acids is 2. The third-order valence-electron chi connectivity index (χ3n) is 7.86. The molecule has 1 fully saturated rings. The van der Waals surface area contributed by atoms with Gasteiger partial charge < -0.3 is 45.5 Å². The fourth-order valence-corrected chi connectivity index (χ4v) is 5.66. The SMILES string of the molecule is CC(C)(C)OC(=O)N[C@@H](Cc1ccccc1)[C@H](O)CNC[C@@H](O)[C@H](Cc1ccccc1)N(C(=O)[O-])C1(C)CCCC1O. The highest BCUT2D eigenvalue weighted by Gasteiger charge is 2.47. The molecule has 1 aliphatic carbocycles. The first-order chi connectivity index (χ1) is 19.8. The van der Waals surface area contributed by atoms with Gasteiger partial charge in [-0.25, -0.2) is 4.79 Å². The van der Waals surface area contributed by atoms with Crippen LogP contribution in [0.1, 0.15) is 58.1 Å². The summed E-state index contributed by atoms with van der Waals surface area (Å²) in [5.41, 5.74) is -0.0738. The summed E-state index contributed by atoms with van der Waals surface area (Å²) < 4.78 is 5.39. The van der Waals surface area contributed by atoms with E-state index in [1.807, 2.05) is 60.7 Å². The first-order valence-corrected chi connectivity index (χ1v) is 14.6. The summed E-state index contributed by atoms with van der Waals surface area (Å²) in [5, 5.41) is 51.5. The van der Waals surface area contributed by atoms with E-state index in [4.69, 9.17) is 4.74 Å². The lowest BCUT2D eigenvalue weighted by atomic mass is 9.89. The van der Waals surface area contributed by atoms with Crippen LogP contribution in [-0.2, 0) is 17.6 Å². The maximum atomic E-state index is 12.5. The monoisotopic (exact) mass is 584 g/mol. The number of carbonyl (C=O) groups is 2. The van der Waals surface area contributed by atoms with Gasteiger partial charge in [-0.05, 0) is 70.9 Å². The summed E-state index contributed by atoms with van der Waals surface area (Å²) >= 11 is 0. The molecule has 0 aliphatic heterocycles. The lowest BCUT2D eigenvalue weighted by Gasteiger charge is -2.49. The molecule has 6 atom stereocenters. The molecule has 0 saturated heterocycles. The number of rotatable bonds is 13. The fraction of sp³-hybridized carbons (Fsp3) is 0.562. The number of hydrogen-bond acceptors (Lipinski definition) is 8. The lowest BCUT2D eigenvalue weighted by molar-refractivity contribution is -0.279. The minimum absolute atomic E-state index is 0.00757. The van der Waals surface area contributed by atoms with Gasteiger partial charge >= 0.3 is 6.09 Å². The van der Waals surface area contributed by atoms with Gasteiger partial charge in [-0.2, -0.15) is 0 Å². The number of alkyl carbamates (subject to hydrolysis) is 1. The maximum Gasteiger partial charge on any atom is 0.407 e. The van der Waals surface area contributed by atoms with Crippen molar-refractivity contribution in [1.82, 2.24) is 15.5 Å². The second-order valence-corrected chi connectivity index (χ2v) is 12.4. The Balaban J connectivity index is 1.73. The summed E-state index contributed by atoms with van der Waals surface area (Å²) in [5.74, 6) is 0. The number of hydrogen-bond donors (Lipinski definition) is 5. The lowest BCUT2D eigenvalue weighted by Crippen LogP contribution is -2.66. The van der Waals surface area contributed by atoms with Crippen LogP contribution < -0.4 is 15.7 Å².